The van der Waals surface area contributed by atoms with Gasteiger partial charge in [-0.2, -0.15) is 0 Å². The van der Waals surface area contributed by atoms with Crippen molar-refractivity contribution in [1.29, 1.82) is 0 Å². The van der Waals surface area contributed by atoms with Gasteiger partial charge < -0.3 is 5.32 Å². The number of benzene rings is 2. The van der Waals surface area contributed by atoms with E-state index in [0.29, 0.717) is 5.56 Å². The molecule has 1 N–H and O–H groups in total. The third kappa shape index (κ3) is 3.09. The van der Waals surface area contributed by atoms with E-state index in [1.165, 1.54) is 6.07 Å². The van der Waals surface area contributed by atoms with Gasteiger partial charge in [0.1, 0.15) is 17.3 Å². The number of alkyl halides is 1. The Labute approximate surface area is 114 Å². The number of amides is 1. The molecule has 2 rings (SSSR count). The third-order valence-corrected chi connectivity index (χ3v) is 2.85. The zero-order valence-electron chi connectivity index (χ0n) is 9.79. The maximum absolute atomic E-state index is 13.4. The fourth-order valence-corrected chi connectivity index (χ4v) is 1.76. The molecule has 0 aliphatic rings. The normalized spacial score (nSPS) is 10.3. The monoisotopic (exact) mass is 281 g/mol. The van der Waals surface area contributed by atoms with Crippen LogP contribution in [0.4, 0.5) is 14.5 Å². The first-order valence-electron chi connectivity index (χ1n) is 5.52. The minimum Gasteiger partial charge on any atom is -0.317 e. The van der Waals surface area contributed by atoms with E-state index in [9.17, 15) is 13.6 Å². The highest BCUT2D eigenvalue weighted by atomic mass is 35.5. The fraction of sp³-hybridized carbons (Fsp3) is 0.0714. The van der Waals surface area contributed by atoms with Crippen LogP contribution in [0.5, 0.6) is 0 Å². The lowest BCUT2D eigenvalue weighted by Gasteiger charge is -2.08. The van der Waals surface area contributed by atoms with E-state index >= 15 is 0 Å². The van der Waals surface area contributed by atoms with Crippen LogP contribution in [-0.2, 0) is 5.88 Å². The zero-order valence-corrected chi connectivity index (χ0v) is 10.5. The number of hydrogen-bond acceptors (Lipinski definition) is 1. The van der Waals surface area contributed by atoms with Crippen LogP contribution in [-0.4, -0.2) is 5.91 Å². The first-order valence-corrected chi connectivity index (χ1v) is 6.05. The van der Waals surface area contributed by atoms with Crippen LogP contribution in [0.3, 0.4) is 0 Å². The average Bonchev–Trinajstić information content (AvgIpc) is 2.43. The molecule has 0 atom stereocenters. The first kappa shape index (κ1) is 13.5. The second-order valence-electron chi connectivity index (χ2n) is 3.88. The number of carbonyl (C=O) groups excluding carboxylic acids is 1. The molecule has 0 heterocycles. The molecule has 0 unspecified atom stereocenters. The molecule has 2 aromatic carbocycles. The van der Waals surface area contributed by atoms with Gasteiger partial charge in [0.15, 0.2) is 0 Å². The summed E-state index contributed by atoms with van der Waals surface area (Å²) in [5.74, 6) is -1.96. The number of anilines is 1. The molecule has 0 bridgehead atoms. The van der Waals surface area contributed by atoms with Crippen molar-refractivity contribution in [2.45, 2.75) is 5.88 Å². The van der Waals surface area contributed by atoms with Crippen LogP contribution >= 0.6 is 11.6 Å². The SMILES string of the molecule is O=C(Nc1c(F)cccc1F)c1cccc(CCl)c1. The van der Waals surface area contributed by atoms with Crippen LogP contribution in [0.25, 0.3) is 0 Å². The Morgan fingerprint density at radius 3 is 2.37 bits per heavy atom. The number of hydrogen-bond donors (Lipinski definition) is 1. The van der Waals surface area contributed by atoms with E-state index in [1.807, 2.05) is 0 Å². The average molecular weight is 282 g/mol. The van der Waals surface area contributed by atoms with Crippen molar-refractivity contribution in [1.82, 2.24) is 0 Å². The quantitative estimate of drug-likeness (QED) is 0.848. The molecule has 0 aromatic heterocycles. The lowest BCUT2D eigenvalue weighted by Crippen LogP contribution is -2.14. The summed E-state index contributed by atoms with van der Waals surface area (Å²) in [6, 6.07) is 9.92. The van der Waals surface area contributed by atoms with Crippen LogP contribution in [0.1, 0.15) is 15.9 Å². The van der Waals surface area contributed by atoms with Crippen LogP contribution < -0.4 is 5.32 Å². The van der Waals surface area contributed by atoms with Crippen molar-refractivity contribution in [3.8, 4) is 0 Å². The summed E-state index contributed by atoms with van der Waals surface area (Å²) in [6.07, 6.45) is 0. The topological polar surface area (TPSA) is 29.1 Å². The van der Waals surface area contributed by atoms with Gasteiger partial charge in [0.25, 0.3) is 5.91 Å². The maximum Gasteiger partial charge on any atom is 0.255 e. The van der Waals surface area contributed by atoms with E-state index < -0.39 is 23.2 Å². The molecule has 0 aliphatic heterocycles. The van der Waals surface area contributed by atoms with Crippen molar-refractivity contribution in [2.75, 3.05) is 5.32 Å². The second-order valence-corrected chi connectivity index (χ2v) is 4.15. The number of halogens is 3. The van der Waals surface area contributed by atoms with Gasteiger partial charge in [0.2, 0.25) is 0 Å². The Hall–Kier alpha value is -1.94. The number of nitrogens with one attached hydrogen (secondary N) is 1. The Morgan fingerprint density at radius 2 is 1.74 bits per heavy atom. The molecular formula is C14H10ClF2NO. The van der Waals surface area contributed by atoms with Crippen LogP contribution in [0, 0.1) is 11.6 Å². The molecular weight excluding hydrogens is 272 g/mol. The summed E-state index contributed by atoms with van der Waals surface area (Å²) in [5, 5.41) is 2.21. The third-order valence-electron chi connectivity index (χ3n) is 2.54. The van der Waals surface area contributed by atoms with Crippen molar-refractivity contribution < 1.29 is 13.6 Å². The molecule has 0 radical (unpaired) electrons. The molecule has 0 aliphatic carbocycles. The van der Waals surface area contributed by atoms with Gasteiger partial charge in [-0.3, -0.25) is 4.79 Å². The van der Waals surface area contributed by atoms with E-state index in [2.05, 4.69) is 5.32 Å². The lowest BCUT2D eigenvalue weighted by atomic mass is 10.1. The van der Waals surface area contributed by atoms with Crippen LogP contribution in [0.15, 0.2) is 42.5 Å². The van der Waals surface area contributed by atoms with Gasteiger partial charge in [0, 0.05) is 11.4 Å². The van der Waals surface area contributed by atoms with Gasteiger partial charge in [-0.1, -0.05) is 18.2 Å². The fourth-order valence-electron chi connectivity index (χ4n) is 1.60. The predicted molar refractivity (Wildman–Crippen MR) is 70.3 cm³/mol. The highest BCUT2D eigenvalue weighted by molar-refractivity contribution is 6.17. The Balaban J connectivity index is 2.25. The molecule has 0 fully saturated rings. The van der Waals surface area contributed by atoms with E-state index in [-0.39, 0.29) is 5.88 Å². The molecule has 0 spiro atoms. The number of carbonyl (C=O) groups is 1. The van der Waals surface area contributed by atoms with Gasteiger partial charge in [0.05, 0.1) is 0 Å². The lowest BCUT2D eigenvalue weighted by molar-refractivity contribution is 0.102. The Bertz CT molecular complexity index is 596. The van der Waals surface area contributed by atoms with E-state index in [4.69, 9.17) is 11.6 Å². The molecule has 2 nitrogen and oxygen atoms in total. The van der Waals surface area contributed by atoms with Crippen LogP contribution in [0.2, 0.25) is 0 Å². The standard InChI is InChI=1S/C14H10ClF2NO/c15-8-9-3-1-4-10(7-9)14(19)18-13-11(16)5-2-6-12(13)17/h1-7H,8H2,(H,18,19). The second kappa shape index (κ2) is 5.80. The molecule has 19 heavy (non-hydrogen) atoms. The van der Waals surface area contributed by atoms with E-state index in [0.717, 1.165) is 17.7 Å². The molecule has 1 amide bonds. The molecule has 98 valence electrons. The molecule has 0 saturated heterocycles. The highest BCUT2D eigenvalue weighted by Gasteiger charge is 2.13. The molecule has 5 heteroatoms. The Morgan fingerprint density at radius 1 is 1.11 bits per heavy atom. The largest absolute Gasteiger partial charge is 0.317 e. The minimum atomic E-state index is -0.818. The van der Waals surface area contributed by atoms with Crippen molar-refractivity contribution in [3.05, 3.63) is 65.2 Å². The number of para-hydroxylation sites is 1. The number of rotatable bonds is 3. The summed E-state index contributed by atoms with van der Waals surface area (Å²) in [5.41, 5.74) is 0.591. The van der Waals surface area contributed by atoms with Gasteiger partial charge in [-0.25, -0.2) is 8.78 Å². The van der Waals surface area contributed by atoms with Gasteiger partial charge >= 0.3 is 0 Å². The summed E-state index contributed by atoms with van der Waals surface area (Å²) < 4.78 is 26.8. The zero-order chi connectivity index (χ0) is 13.8. The predicted octanol–water partition coefficient (Wildman–Crippen LogP) is 3.96. The van der Waals surface area contributed by atoms with Crippen molar-refractivity contribution >= 4 is 23.2 Å². The highest BCUT2D eigenvalue weighted by Crippen LogP contribution is 2.19. The Kier molecular flexibility index (Phi) is 4.12. The van der Waals surface area contributed by atoms with E-state index in [1.54, 1.807) is 24.3 Å². The summed E-state index contributed by atoms with van der Waals surface area (Å²) >= 11 is 5.66. The van der Waals surface area contributed by atoms with Gasteiger partial charge in [-0.15, -0.1) is 11.6 Å². The summed E-state index contributed by atoms with van der Waals surface area (Å²) in [7, 11) is 0. The van der Waals surface area contributed by atoms with Gasteiger partial charge in [-0.05, 0) is 29.8 Å². The smallest absolute Gasteiger partial charge is 0.255 e. The van der Waals surface area contributed by atoms with Crippen molar-refractivity contribution in [3.63, 3.8) is 0 Å². The molecule has 2 aromatic rings. The summed E-state index contributed by atoms with van der Waals surface area (Å²) in [6.45, 7) is 0. The molecule has 0 saturated carbocycles. The maximum atomic E-state index is 13.4. The minimum absolute atomic E-state index is 0.259. The first-order chi connectivity index (χ1) is 9.11. The van der Waals surface area contributed by atoms with Crippen molar-refractivity contribution in [2.24, 2.45) is 0 Å². The summed E-state index contributed by atoms with van der Waals surface area (Å²) in [4.78, 5) is 11.9.